The second kappa shape index (κ2) is 9.13. The molecule has 3 aliphatic rings. The fraction of sp³-hybridized carbons (Fsp3) is 0.444. The number of hydrogen-bond acceptors (Lipinski definition) is 9. The number of fused-ring (bicyclic) bond motifs is 3. The number of carbonyl (C=O) groups excluding carboxylic acids is 3. The lowest BCUT2D eigenvalue weighted by molar-refractivity contribution is -0.153. The number of hydrogen-bond donors (Lipinski definition) is 5. The molecule has 10 heteroatoms. The quantitative estimate of drug-likeness (QED) is 0.275. The molecule has 1 amide bonds. The zero-order valence-corrected chi connectivity index (χ0v) is 21.4. The van der Waals surface area contributed by atoms with Crippen LogP contribution in [0, 0.1) is 18.8 Å². The van der Waals surface area contributed by atoms with E-state index in [4.69, 9.17) is 5.73 Å². The van der Waals surface area contributed by atoms with Gasteiger partial charge in [-0.3, -0.25) is 24.2 Å². The van der Waals surface area contributed by atoms with Gasteiger partial charge in [-0.1, -0.05) is 12.1 Å². The number of ketones is 2. The molecule has 198 valence electrons. The smallest absolute Gasteiger partial charge is 0.255 e. The van der Waals surface area contributed by atoms with Gasteiger partial charge in [0.05, 0.1) is 11.6 Å². The average molecular weight is 512 g/mol. The van der Waals surface area contributed by atoms with E-state index in [1.165, 1.54) is 4.90 Å². The summed E-state index contributed by atoms with van der Waals surface area (Å²) >= 11 is 0. The first-order chi connectivity index (χ1) is 17.3. The Morgan fingerprint density at radius 1 is 1.24 bits per heavy atom. The maximum absolute atomic E-state index is 13.9. The van der Waals surface area contributed by atoms with Crippen molar-refractivity contribution < 1.29 is 34.8 Å². The highest BCUT2D eigenvalue weighted by atomic mass is 16.3. The summed E-state index contributed by atoms with van der Waals surface area (Å²) in [7, 11) is 4.99. The molecule has 0 bridgehead atoms. The Hall–Kier alpha value is -3.47. The molecule has 0 aliphatic heterocycles. The number of Topliss-reactive ketones (excluding diaryl/α,β-unsaturated/α-hetero) is 2. The minimum Gasteiger partial charge on any atom is -0.508 e. The maximum Gasteiger partial charge on any atom is 0.255 e. The molecule has 0 aromatic heterocycles. The van der Waals surface area contributed by atoms with Crippen LogP contribution in [-0.4, -0.2) is 87.0 Å². The van der Waals surface area contributed by atoms with E-state index in [0.717, 1.165) is 5.56 Å². The van der Waals surface area contributed by atoms with E-state index >= 15 is 0 Å². The van der Waals surface area contributed by atoms with Crippen molar-refractivity contribution >= 4 is 23.2 Å². The van der Waals surface area contributed by atoms with E-state index in [0.29, 0.717) is 24.2 Å². The van der Waals surface area contributed by atoms with Gasteiger partial charge < -0.3 is 26.2 Å². The molecule has 0 spiro atoms. The monoisotopic (exact) mass is 511 g/mol. The normalized spacial score (nSPS) is 27.4. The van der Waals surface area contributed by atoms with Gasteiger partial charge in [-0.25, -0.2) is 0 Å². The first kappa shape index (κ1) is 26.6. The number of aliphatic hydroxyl groups excluding tert-OH is 2. The number of aromatic hydroxyl groups is 1. The third-order valence-corrected chi connectivity index (χ3v) is 7.90. The van der Waals surface area contributed by atoms with Gasteiger partial charge in [0.15, 0.2) is 11.4 Å². The van der Waals surface area contributed by atoms with Gasteiger partial charge >= 0.3 is 0 Å². The summed E-state index contributed by atoms with van der Waals surface area (Å²) < 4.78 is 0. The zero-order valence-electron chi connectivity index (χ0n) is 21.4. The number of carbonyl (C=O) groups is 3. The lowest BCUT2D eigenvalue weighted by Crippen LogP contribution is -2.65. The molecule has 10 nitrogen and oxygen atoms in total. The van der Waals surface area contributed by atoms with E-state index in [1.807, 2.05) is 24.9 Å². The van der Waals surface area contributed by atoms with Crippen molar-refractivity contribution in [3.8, 4) is 5.75 Å². The van der Waals surface area contributed by atoms with Crippen molar-refractivity contribution in [3.05, 3.63) is 57.9 Å². The summed E-state index contributed by atoms with van der Waals surface area (Å²) in [6.45, 7) is 6.49. The number of primary amides is 1. The van der Waals surface area contributed by atoms with Crippen molar-refractivity contribution in [3.63, 3.8) is 0 Å². The third kappa shape index (κ3) is 3.78. The minimum absolute atomic E-state index is 0.0653. The van der Waals surface area contributed by atoms with Gasteiger partial charge in [-0.2, -0.15) is 0 Å². The molecule has 4 rings (SSSR count). The highest BCUT2D eigenvalue weighted by Gasteiger charge is 2.64. The molecule has 1 fully saturated rings. The van der Waals surface area contributed by atoms with Crippen molar-refractivity contribution in [1.82, 2.24) is 9.80 Å². The summed E-state index contributed by atoms with van der Waals surface area (Å²) in [5.74, 6) is -6.47. The van der Waals surface area contributed by atoms with Gasteiger partial charge in [0.2, 0.25) is 5.78 Å². The summed E-state index contributed by atoms with van der Waals surface area (Å²) in [5, 5.41) is 45.1. The molecule has 0 unspecified atom stereocenters. The van der Waals surface area contributed by atoms with Gasteiger partial charge in [-0.05, 0) is 58.0 Å². The van der Waals surface area contributed by atoms with Crippen LogP contribution in [-0.2, 0) is 27.3 Å². The molecular formula is C27H33N3O7. The van der Waals surface area contributed by atoms with E-state index in [2.05, 4.69) is 6.58 Å². The van der Waals surface area contributed by atoms with Gasteiger partial charge in [0.25, 0.3) is 5.91 Å². The van der Waals surface area contributed by atoms with E-state index in [-0.39, 0.29) is 29.7 Å². The Morgan fingerprint density at radius 2 is 1.89 bits per heavy atom. The molecule has 4 atom stereocenters. The van der Waals surface area contributed by atoms with Crippen LogP contribution in [0.4, 0.5) is 0 Å². The number of nitrogens with two attached hydrogens (primary N) is 1. The number of benzene rings is 1. The average Bonchev–Trinajstić information content (AvgIpc) is 2.79. The van der Waals surface area contributed by atoms with Crippen molar-refractivity contribution in [2.45, 2.75) is 38.0 Å². The molecule has 37 heavy (non-hydrogen) atoms. The van der Waals surface area contributed by atoms with Crippen LogP contribution in [0.3, 0.4) is 0 Å². The van der Waals surface area contributed by atoms with E-state index in [1.54, 1.807) is 20.2 Å². The molecule has 0 radical (unpaired) electrons. The van der Waals surface area contributed by atoms with Crippen LogP contribution < -0.4 is 5.73 Å². The first-order valence-corrected chi connectivity index (χ1v) is 12.1. The first-order valence-electron chi connectivity index (χ1n) is 12.1. The number of phenols is 1. The topological polar surface area (TPSA) is 165 Å². The second-order valence-corrected chi connectivity index (χ2v) is 10.5. The minimum atomic E-state index is -2.64. The summed E-state index contributed by atoms with van der Waals surface area (Å²) in [6.07, 6.45) is 2.06. The molecule has 0 saturated heterocycles. The number of phenolic OH excluding ortho intramolecular Hbond substituents is 1. The number of nitrogens with zero attached hydrogens (tertiary/aromatic N) is 2. The highest BCUT2D eigenvalue weighted by molar-refractivity contribution is 6.24. The molecule has 1 aromatic carbocycles. The maximum atomic E-state index is 13.9. The summed E-state index contributed by atoms with van der Waals surface area (Å²) in [4.78, 5) is 42.5. The molecule has 3 aliphatic carbocycles. The van der Waals surface area contributed by atoms with Crippen LogP contribution in [0.5, 0.6) is 5.75 Å². The molecular weight excluding hydrogens is 478 g/mol. The summed E-state index contributed by atoms with van der Waals surface area (Å²) in [6, 6.07) is 0.739. The van der Waals surface area contributed by atoms with Crippen LogP contribution in [0.25, 0.3) is 5.76 Å². The Morgan fingerprint density at radius 3 is 2.46 bits per heavy atom. The van der Waals surface area contributed by atoms with Crippen LogP contribution in [0.15, 0.2) is 35.6 Å². The van der Waals surface area contributed by atoms with Crippen LogP contribution in [0.2, 0.25) is 0 Å². The Bertz CT molecular complexity index is 1300. The molecule has 6 N–H and O–H groups in total. The Kier molecular flexibility index (Phi) is 6.56. The lowest BCUT2D eigenvalue weighted by atomic mass is 9.57. The SMILES string of the molecule is C=CCN(C)Cc1cc(C)c2c(c1O)C(O)=C1C(=O)[C@]3(O)C(O)=C(C(N)=O)C(=O)[C@@H](N(C)C)[C@@H]3C[C@@H]1C2. The predicted octanol–water partition coefficient (Wildman–Crippen LogP) is 0.890. The molecule has 1 aromatic rings. The highest BCUT2D eigenvalue weighted by Crippen LogP contribution is 2.53. The fourth-order valence-electron chi connectivity index (χ4n) is 6.26. The zero-order chi connectivity index (χ0) is 27.6. The van der Waals surface area contributed by atoms with Gasteiger partial charge in [0.1, 0.15) is 22.8 Å². The lowest BCUT2D eigenvalue weighted by Gasteiger charge is -2.50. The van der Waals surface area contributed by atoms with E-state index in [9.17, 15) is 34.8 Å². The third-order valence-electron chi connectivity index (χ3n) is 7.90. The predicted molar refractivity (Wildman–Crippen MR) is 136 cm³/mol. The fourth-order valence-corrected chi connectivity index (χ4v) is 6.26. The number of aryl methyl sites for hydroxylation is 1. The second-order valence-electron chi connectivity index (χ2n) is 10.5. The van der Waals surface area contributed by atoms with Crippen molar-refractivity contribution in [2.24, 2.45) is 17.6 Å². The number of rotatable bonds is 6. The molecule has 1 saturated carbocycles. The number of likely N-dealkylation sites (N-methyl/N-ethyl adjacent to an activating group) is 2. The van der Waals surface area contributed by atoms with Crippen LogP contribution in [0.1, 0.15) is 28.7 Å². The Balaban J connectivity index is 1.92. The van der Waals surface area contributed by atoms with Gasteiger partial charge in [-0.15, -0.1) is 6.58 Å². The largest absolute Gasteiger partial charge is 0.508 e. The standard InChI is InChI=1S/C27H33N3O7/c1-6-7-30(5)11-14-8-12(2)15-9-13-10-16-20(29(3)4)23(33)19(26(28)36)25(35)27(16,37)24(34)17(13)22(32)18(15)21(14)31/h6,8,13,16,20,31-32,35,37H,1,7,9-11H2,2-5H3,(H2,28,36)/t13-,16-,20-,27-/m0/s1. The van der Waals surface area contributed by atoms with Crippen molar-refractivity contribution in [1.29, 1.82) is 0 Å². The number of amides is 1. The van der Waals surface area contributed by atoms with Crippen LogP contribution >= 0.6 is 0 Å². The van der Waals surface area contributed by atoms with Gasteiger partial charge in [0, 0.05) is 30.1 Å². The Labute approximate surface area is 215 Å². The van der Waals surface area contributed by atoms with Crippen molar-refractivity contribution in [2.75, 3.05) is 27.7 Å². The number of aliphatic hydroxyl groups is 3. The molecule has 0 heterocycles. The summed E-state index contributed by atoms with van der Waals surface area (Å²) in [5.41, 5.74) is 3.86. The van der Waals surface area contributed by atoms with E-state index < -0.39 is 58.0 Å².